The number of carbonyl (C=O) groups is 4. The molecule has 3 N–H and O–H groups in total. The Morgan fingerprint density at radius 2 is 1.22 bits per heavy atom. The average Bonchev–Trinajstić information content (AvgIpc) is 3.20. The van der Waals surface area contributed by atoms with Crippen molar-refractivity contribution in [2.75, 3.05) is 11.4 Å². The first-order valence-corrected chi connectivity index (χ1v) is 23.4. The minimum Gasteiger partial charge on any atom is -0.506 e. The first-order valence-electron chi connectivity index (χ1n) is 19.9. The Balaban J connectivity index is 1.33. The van der Waals surface area contributed by atoms with Crippen LogP contribution in [0.15, 0.2) is 96.8 Å². The molecule has 1 atom stereocenters. The van der Waals surface area contributed by atoms with Crippen molar-refractivity contribution in [2.24, 2.45) is 5.92 Å². The molecule has 2 amide bonds. The molecule has 64 heavy (non-hydrogen) atoms. The zero-order chi connectivity index (χ0) is 47.2. The molecule has 0 unspecified atom stereocenters. The lowest BCUT2D eigenvalue weighted by Gasteiger charge is -2.23. The molecule has 5 rings (SSSR count). The molecule has 11 nitrogen and oxygen atoms in total. The predicted octanol–water partition coefficient (Wildman–Crippen LogP) is 13.0. The molecule has 0 fully saturated rings. The summed E-state index contributed by atoms with van der Waals surface area (Å²) in [5.41, 5.74) is 2.50. The maximum Gasteiger partial charge on any atom is 0.331 e. The summed E-state index contributed by atoms with van der Waals surface area (Å²) in [6, 6.07) is 20.1. The van der Waals surface area contributed by atoms with Gasteiger partial charge in [-0.05, 0) is 141 Å². The number of ether oxygens (including phenoxy) is 3. The van der Waals surface area contributed by atoms with Crippen LogP contribution < -0.4 is 24.4 Å². The van der Waals surface area contributed by atoms with Crippen LogP contribution in [0.25, 0.3) is 0 Å². The molecule has 0 radical (unpaired) electrons. The number of nitrogens with zero attached hydrogens (tertiary/aromatic N) is 1. The van der Waals surface area contributed by atoms with Gasteiger partial charge in [0.25, 0.3) is 0 Å². The number of hydrogen-bond acceptors (Lipinski definition) is 8. The molecule has 0 bridgehead atoms. The number of rotatable bonds is 17. The van der Waals surface area contributed by atoms with Gasteiger partial charge in [0.2, 0.25) is 11.8 Å². The summed E-state index contributed by atoms with van der Waals surface area (Å²) >= 11 is 20.3. The van der Waals surface area contributed by atoms with Crippen LogP contribution >= 0.6 is 75.3 Å². The molecule has 338 valence electrons. The summed E-state index contributed by atoms with van der Waals surface area (Å²) < 4.78 is 35.9. The van der Waals surface area contributed by atoms with Crippen LogP contribution in [0.2, 0.25) is 5.02 Å². The second-order valence-electron chi connectivity index (χ2n) is 15.7. The van der Waals surface area contributed by atoms with Crippen molar-refractivity contribution in [3.63, 3.8) is 0 Å². The zero-order valence-electron chi connectivity index (χ0n) is 35.4. The van der Waals surface area contributed by atoms with Gasteiger partial charge in [0.15, 0.2) is 23.1 Å². The number of para-hydroxylation sites is 1. The minimum absolute atomic E-state index is 0.0120. The minimum atomic E-state index is -1.13. The van der Waals surface area contributed by atoms with Crippen LogP contribution in [0.3, 0.4) is 0 Å². The summed E-state index contributed by atoms with van der Waals surface area (Å²) in [6.45, 7) is 10.3. The van der Waals surface area contributed by atoms with Crippen LogP contribution in [0, 0.1) is 11.7 Å². The third-order valence-electron chi connectivity index (χ3n) is 9.75. The Morgan fingerprint density at radius 3 is 1.72 bits per heavy atom. The molecule has 0 spiro atoms. The Bertz CT molecular complexity index is 2530. The van der Waals surface area contributed by atoms with Crippen molar-refractivity contribution in [2.45, 2.75) is 72.3 Å². The second-order valence-corrected chi connectivity index (χ2v) is 19.6. The molecule has 0 aliphatic heterocycles. The van der Waals surface area contributed by atoms with Crippen molar-refractivity contribution in [1.29, 1.82) is 0 Å². The van der Waals surface area contributed by atoms with E-state index in [-0.39, 0.29) is 58.6 Å². The largest absolute Gasteiger partial charge is 0.506 e. The van der Waals surface area contributed by atoms with E-state index in [0.29, 0.717) is 57.3 Å². The summed E-state index contributed by atoms with van der Waals surface area (Å²) in [6.07, 6.45) is -0.243. The fourth-order valence-electron chi connectivity index (χ4n) is 6.54. The monoisotopic (exact) mass is 1150 g/mol. The first-order chi connectivity index (χ1) is 30.1. The molecule has 0 heterocycles. The molecular weight excluding hydrogens is 1110 g/mol. The number of phenols is 1. The fourth-order valence-corrected chi connectivity index (χ4v) is 9.64. The number of carbonyl (C=O) groups excluding carboxylic acids is 3. The number of halogens is 6. The maximum atomic E-state index is 16.0. The summed E-state index contributed by atoms with van der Waals surface area (Å²) in [5, 5.41) is 22.5. The van der Waals surface area contributed by atoms with Crippen LogP contribution in [-0.2, 0) is 32.0 Å². The third-order valence-corrected chi connectivity index (χ3v) is 12.4. The predicted molar refractivity (Wildman–Crippen MR) is 258 cm³/mol. The molecule has 0 aromatic heterocycles. The molecule has 17 heteroatoms. The van der Waals surface area contributed by atoms with Gasteiger partial charge in [0, 0.05) is 28.9 Å². The van der Waals surface area contributed by atoms with E-state index in [1.165, 1.54) is 11.0 Å². The number of esters is 1. The van der Waals surface area contributed by atoms with E-state index in [1.807, 2.05) is 13.8 Å². The van der Waals surface area contributed by atoms with E-state index in [2.05, 4.69) is 69.0 Å². The number of nitrogens with one attached hydrogen (secondary N) is 1. The molecule has 0 aliphatic carbocycles. The highest BCUT2D eigenvalue weighted by Crippen LogP contribution is 2.43. The fraction of sp³-hybridized carbons (Fsp3) is 0.277. The van der Waals surface area contributed by atoms with E-state index in [0.717, 1.165) is 6.07 Å². The van der Waals surface area contributed by atoms with Gasteiger partial charge >= 0.3 is 11.9 Å². The number of benzene rings is 5. The van der Waals surface area contributed by atoms with Crippen molar-refractivity contribution in [3.05, 3.63) is 130 Å². The van der Waals surface area contributed by atoms with E-state index >= 15 is 4.39 Å². The number of phenolic OH excluding ortho intramolecular Hbond substituents is 1. The number of carboxylic acid groups (broad SMARTS) is 1. The van der Waals surface area contributed by atoms with Gasteiger partial charge in [-0.1, -0.05) is 71.3 Å². The normalized spacial score (nSPS) is 11.7. The number of carboxylic acids is 1. The van der Waals surface area contributed by atoms with Gasteiger partial charge in [-0.3, -0.25) is 9.59 Å². The van der Waals surface area contributed by atoms with Crippen LogP contribution in [0.4, 0.5) is 10.1 Å². The Hall–Kier alpha value is -4.48. The lowest BCUT2D eigenvalue weighted by atomic mass is 10.0. The molecule has 0 saturated heterocycles. The van der Waals surface area contributed by atoms with Crippen LogP contribution in [0.5, 0.6) is 34.5 Å². The molecular formula is C47H44Br4ClFN2O9. The van der Waals surface area contributed by atoms with Crippen LogP contribution in [-0.4, -0.2) is 46.6 Å². The standard InChI is InChI=1S/C47H44Br4ClFN2O9/c1-23(2)31-18-29(20-37(52)43(31)59)62-45-35(50)14-27(15-36(45)51)17-40(57)55(28-10-8-7-9-11-28)22-41(58)64-44-32(24(3)4)19-30(21-38(44)53)63-46-33(48)12-26(13-34(46)49)16-39(56)54-42(25(5)6)47(60)61/h7-15,18-21,23-25,42,59H,16-17,22H2,1-6H3,(H,54,56)(H,60,61)/t42-/m0/s1. The van der Waals surface area contributed by atoms with E-state index in [1.54, 1.807) is 94.4 Å². The maximum absolute atomic E-state index is 16.0. The van der Waals surface area contributed by atoms with Crippen molar-refractivity contribution < 1.29 is 48.0 Å². The number of aromatic hydroxyl groups is 1. The molecule has 5 aromatic rings. The van der Waals surface area contributed by atoms with E-state index < -0.39 is 42.2 Å². The lowest BCUT2D eigenvalue weighted by Crippen LogP contribution is -2.44. The SMILES string of the molecule is CC(C)c1cc(Oc2c(Br)cc(CC(=O)N(CC(=O)Oc3c(F)cc(Oc4c(Br)cc(CC(=O)N[C@H](C(=O)O)C(C)C)cc4Br)cc3C(C)C)c3ccccc3)cc2Br)cc(Cl)c1O. The van der Waals surface area contributed by atoms with Gasteiger partial charge in [0.05, 0.1) is 35.8 Å². The highest BCUT2D eigenvalue weighted by molar-refractivity contribution is 9.11. The van der Waals surface area contributed by atoms with Gasteiger partial charge in [0.1, 0.15) is 29.8 Å². The number of amides is 2. The zero-order valence-corrected chi connectivity index (χ0v) is 42.5. The van der Waals surface area contributed by atoms with Crippen molar-refractivity contribution >= 4 is 105 Å². The summed E-state index contributed by atoms with van der Waals surface area (Å²) in [4.78, 5) is 53.2. The molecule has 5 aromatic carbocycles. The van der Waals surface area contributed by atoms with Crippen molar-refractivity contribution in [1.82, 2.24) is 5.32 Å². The number of aliphatic carboxylic acids is 1. The smallest absolute Gasteiger partial charge is 0.331 e. The van der Waals surface area contributed by atoms with E-state index in [9.17, 15) is 29.4 Å². The number of hydrogen-bond donors (Lipinski definition) is 3. The number of anilines is 1. The Labute approximate surface area is 409 Å². The molecule has 0 saturated carbocycles. The first kappa shape index (κ1) is 50.5. The summed E-state index contributed by atoms with van der Waals surface area (Å²) in [7, 11) is 0. The van der Waals surface area contributed by atoms with E-state index in [4.69, 9.17) is 25.8 Å². The van der Waals surface area contributed by atoms with Crippen molar-refractivity contribution in [3.8, 4) is 34.5 Å². The van der Waals surface area contributed by atoms with Crippen LogP contribution in [0.1, 0.15) is 75.6 Å². The van der Waals surface area contributed by atoms with Gasteiger partial charge in [-0.2, -0.15) is 0 Å². The highest BCUT2D eigenvalue weighted by atomic mass is 79.9. The lowest BCUT2D eigenvalue weighted by molar-refractivity contribution is -0.143. The highest BCUT2D eigenvalue weighted by Gasteiger charge is 2.27. The van der Waals surface area contributed by atoms with Gasteiger partial charge < -0.3 is 34.6 Å². The third kappa shape index (κ3) is 12.9. The quantitative estimate of drug-likeness (QED) is 0.0610. The Kier molecular flexibility index (Phi) is 17.5. The summed E-state index contributed by atoms with van der Waals surface area (Å²) in [5.74, 6) is -3.64. The Morgan fingerprint density at radius 1 is 0.719 bits per heavy atom. The average molecular weight is 1150 g/mol. The van der Waals surface area contributed by atoms with Gasteiger partial charge in [-0.25, -0.2) is 14.0 Å². The second kappa shape index (κ2) is 22.1. The topological polar surface area (TPSA) is 152 Å². The molecule has 0 aliphatic rings. The van der Waals surface area contributed by atoms with Gasteiger partial charge in [-0.15, -0.1) is 0 Å².